The summed E-state index contributed by atoms with van der Waals surface area (Å²) in [5, 5.41) is 21.8. The number of rotatable bonds is 3. The van der Waals surface area contributed by atoms with Crippen molar-refractivity contribution < 1.29 is 19.7 Å². The summed E-state index contributed by atoms with van der Waals surface area (Å²) in [7, 11) is 1.47. The van der Waals surface area contributed by atoms with E-state index in [-0.39, 0.29) is 22.1 Å². The van der Waals surface area contributed by atoms with Crippen molar-refractivity contribution in [1.29, 1.82) is 0 Å². The van der Waals surface area contributed by atoms with Crippen molar-refractivity contribution in [2.24, 2.45) is 0 Å². The van der Waals surface area contributed by atoms with Crippen LogP contribution in [0, 0.1) is 0 Å². The van der Waals surface area contributed by atoms with E-state index in [0.29, 0.717) is 11.4 Å². The second kappa shape index (κ2) is 5.71. The minimum atomic E-state index is -0.494. The number of benzene rings is 2. The molecule has 0 radical (unpaired) electrons. The van der Waals surface area contributed by atoms with Crippen molar-refractivity contribution in [3.63, 3.8) is 0 Å². The van der Waals surface area contributed by atoms with Crippen molar-refractivity contribution in [2.45, 2.75) is 0 Å². The largest absolute Gasteiger partial charge is 0.507 e. The summed E-state index contributed by atoms with van der Waals surface area (Å²) < 4.78 is 4.94. The van der Waals surface area contributed by atoms with Gasteiger partial charge in [-0.15, -0.1) is 0 Å². The molecule has 2 aromatic rings. The Morgan fingerprint density at radius 1 is 1.15 bits per heavy atom. The molecule has 6 heteroatoms. The molecule has 0 aliphatic heterocycles. The molecule has 0 unspecified atom stereocenters. The van der Waals surface area contributed by atoms with Crippen molar-refractivity contribution in [2.75, 3.05) is 12.4 Å². The van der Waals surface area contributed by atoms with Crippen LogP contribution in [0.1, 0.15) is 10.4 Å². The molecule has 0 saturated heterocycles. The summed E-state index contributed by atoms with van der Waals surface area (Å²) >= 11 is 5.75. The Labute approximate surface area is 120 Å². The van der Waals surface area contributed by atoms with Crippen LogP contribution in [0.15, 0.2) is 36.4 Å². The first-order chi connectivity index (χ1) is 9.51. The number of anilines is 1. The van der Waals surface area contributed by atoms with Gasteiger partial charge < -0.3 is 20.3 Å². The number of phenolic OH excluding ortho intramolecular Hbond substituents is 2. The number of methoxy groups -OCH3 is 1. The van der Waals surface area contributed by atoms with E-state index in [2.05, 4.69) is 5.32 Å². The summed E-state index contributed by atoms with van der Waals surface area (Å²) in [5.41, 5.74) is 0.517. The Bertz CT molecular complexity index is 658. The summed E-state index contributed by atoms with van der Waals surface area (Å²) in [5.74, 6) is -0.303. The molecule has 0 saturated carbocycles. The van der Waals surface area contributed by atoms with Crippen LogP contribution in [-0.2, 0) is 0 Å². The Balaban J connectivity index is 2.21. The maximum Gasteiger partial charge on any atom is 0.259 e. The Morgan fingerprint density at radius 2 is 1.90 bits per heavy atom. The van der Waals surface area contributed by atoms with E-state index in [4.69, 9.17) is 16.3 Å². The van der Waals surface area contributed by atoms with E-state index >= 15 is 0 Å². The number of hydrogen-bond donors (Lipinski definition) is 3. The molecule has 0 heterocycles. The van der Waals surface area contributed by atoms with Crippen molar-refractivity contribution in [3.05, 3.63) is 47.0 Å². The molecule has 0 atom stereocenters. The van der Waals surface area contributed by atoms with Gasteiger partial charge >= 0.3 is 0 Å². The number of carbonyl (C=O) groups is 1. The monoisotopic (exact) mass is 293 g/mol. The first kappa shape index (κ1) is 14.0. The molecule has 0 spiro atoms. The van der Waals surface area contributed by atoms with Crippen LogP contribution < -0.4 is 10.1 Å². The number of nitrogens with one attached hydrogen (secondary N) is 1. The van der Waals surface area contributed by atoms with Crippen LogP contribution in [-0.4, -0.2) is 23.2 Å². The predicted octanol–water partition coefficient (Wildman–Crippen LogP) is 3.01. The SMILES string of the molecule is COc1ccc(C(=O)Nc2ccc(O)c(Cl)c2)c(O)c1. The Morgan fingerprint density at radius 3 is 2.50 bits per heavy atom. The van der Waals surface area contributed by atoms with Gasteiger partial charge in [-0.3, -0.25) is 4.79 Å². The summed E-state index contributed by atoms with van der Waals surface area (Å²) in [6, 6.07) is 8.64. The number of ether oxygens (including phenoxy) is 1. The molecular weight excluding hydrogens is 282 g/mol. The highest BCUT2D eigenvalue weighted by Gasteiger charge is 2.12. The topological polar surface area (TPSA) is 78.8 Å². The summed E-state index contributed by atoms with van der Waals surface area (Å²) in [6.07, 6.45) is 0. The third-order valence-electron chi connectivity index (χ3n) is 2.66. The molecule has 0 fully saturated rings. The maximum atomic E-state index is 12.0. The average Bonchev–Trinajstić information content (AvgIpc) is 2.42. The number of amides is 1. The number of halogens is 1. The van der Waals surface area contributed by atoms with Crippen molar-refractivity contribution in [3.8, 4) is 17.2 Å². The van der Waals surface area contributed by atoms with E-state index in [1.807, 2.05) is 0 Å². The molecule has 3 N–H and O–H groups in total. The third kappa shape index (κ3) is 2.95. The molecule has 0 bridgehead atoms. The smallest absolute Gasteiger partial charge is 0.259 e. The van der Waals surface area contributed by atoms with Crippen LogP contribution in [0.5, 0.6) is 17.2 Å². The minimum absolute atomic E-state index is 0.0723. The lowest BCUT2D eigenvalue weighted by atomic mass is 10.1. The number of hydrogen-bond acceptors (Lipinski definition) is 4. The van der Waals surface area contributed by atoms with Gasteiger partial charge in [0, 0.05) is 11.8 Å². The van der Waals surface area contributed by atoms with Crippen molar-refractivity contribution in [1.82, 2.24) is 0 Å². The van der Waals surface area contributed by atoms with E-state index in [9.17, 15) is 15.0 Å². The molecule has 5 nitrogen and oxygen atoms in total. The van der Waals surface area contributed by atoms with Crippen LogP contribution in [0.25, 0.3) is 0 Å². The fourth-order valence-electron chi connectivity index (χ4n) is 1.61. The van der Waals surface area contributed by atoms with Gasteiger partial charge in [-0.2, -0.15) is 0 Å². The normalized spacial score (nSPS) is 10.1. The van der Waals surface area contributed by atoms with E-state index in [1.54, 1.807) is 6.07 Å². The van der Waals surface area contributed by atoms with E-state index in [1.165, 1.54) is 37.4 Å². The standard InChI is InChI=1S/C14H12ClNO4/c1-20-9-3-4-10(13(18)7-9)14(19)16-8-2-5-12(17)11(15)6-8/h2-7,17-18H,1H3,(H,16,19). The highest BCUT2D eigenvalue weighted by Crippen LogP contribution is 2.28. The number of carbonyl (C=O) groups excluding carboxylic acids is 1. The van der Waals surface area contributed by atoms with Gasteiger partial charge in [0.2, 0.25) is 0 Å². The zero-order valence-electron chi connectivity index (χ0n) is 10.6. The summed E-state index contributed by atoms with van der Waals surface area (Å²) in [6.45, 7) is 0. The van der Waals surface area contributed by atoms with Gasteiger partial charge in [0.1, 0.15) is 17.2 Å². The molecule has 2 aromatic carbocycles. The number of phenols is 2. The second-order valence-corrected chi connectivity index (χ2v) is 4.41. The first-order valence-corrected chi connectivity index (χ1v) is 6.06. The van der Waals surface area contributed by atoms with Crippen molar-refractivity contribution >= 4 is 23.2 Å². The quantitative estimate of drug-likeness (QED) is 0.760. The molecule has 1 amide bonds. The minimum Gasteiger partial charge on any atom is -0.507 e. The van der Waals surface area contributed by atoms with Gasteiger partial charge in [0.25, 0.3) is 5.91 Å². The van der Waals surface area contributed by atoms with Gasteiger partial charge in [-0.05, 0) is 30.3 Å². The Kier molecular flexibility index (Phi) is 4.00. The molecular formula is C14H12ClNO4. The average molecular weight is 294 g/mol. The fourth-order valence-corrected chi connectivity index (χ4v) is 1.79. The van der Waals surface area contributed by atoms with E-state index < -0.39 is 5.91 Å². The first-order valence-electron chi connectivity index (χ1n) is 5.68. The van der Waals surface area contributed by atoms with Gasteiger partial charge in [0.15, 0.2) is 0 Å². The molecule has 0 aliphatic carbocycles. The highest BCUT2D eigenvalue weighted by atomic mass is 35.5. The van der Waals surface area contributed by atoms with E-state index in [0.717, 1.165) is 0 Å². The second-order valence-electron chi connectivity index (χ2n) is 4.00. The lowest BCUT2D eigenvalue weighted by Crippen LogP contribution is -2.12. The van der Waals surface area contributed by atoms with Gasteiger partial charge in [0.05, 0.1) is 17.7 Å². The Hall–Kier alpha value is -2.40. The molecule has 104 valence electrons. The lowest BCUT2D eigenvalue weighted by Gasteiger charge is -2.09. The zero-order chi connectivity index (χ0) is 14.7. The highest BCUT2D eigenvalue weighted by molar-refractivity contribution is 6.32. The maximum absolute atomic E-state index is 12.0. The van der Waals surface area contributed by atoms with Gasteiger partial charge in [-0.25, -0.2) is 0 Å². The van der Waals surface area contributed by atoms with Crippen LogP contribution in [0.4, 0.5) is 5.69 Å². The molecule has 2 rings (SSSR count). The van der Waals surface area contributed by atoms with Crippen LogP contribution in [0.2, 0.25) is 5.02 Å². The number of aromatic hydroxyl groups is 2. The molecule has 0 aliphatic rings. The summed E-state index contributed by atoms with van der Waals surface area (Å²) in [4.78, 5) is 12.0. The molecule has 0 aromatic heterocycles. The van der Waals surface area contributed by atoms with Crippen LogP contribution in [0.3, 0.4) is 0 Å². The predicted molar refractivity (Wildman–Crippen MR) is 75.7 cm³/mol. The third-order valence-corrected chi connectivity index (χ3v) is 2.96. The fraction of sp³-hybridized carbons (Fsp3) is 0.0714. The van der Waals surface area contributed by atoms with Crippen LogP contribution >= 0.6 is 11.6 Å². The van der Waals surface area contributed by atoms with Gasteiger partial charge in [-0.1, -0.05) is 11.6 Å². The zero-order valence-corrected chi connectivity index (χ0v) is 11.3. The lowest BCUT2D eigenvalue weighted by molar-refractivity contribution is 0.102. The molecule has 20 heavy (non-hydrogen) atoms.